The number of anilines is 3. The van der Waals surface area contributed by atoms with Crippen LogP contribution in [-0.2, 0) is 0 Å². The van der Waals surface area contributed by atoms with Gasteiger partial charge < -0.3 is 11.1 Å². The van der Waals surface area contributed by atoms with Gasteiger partial charge in [-0.05, 0) is 30.3 Å². The lowest BCUT2D eigenvalue weighted by molar-refractivity contribution is 0.886. The average Bonchev–Trinajstić information content (AvgIpc) is 3.18. The molecule has 0 radical (unpaired) electrons. The van der Waals surface area contributed by atoms with Crippen LogP contribution in [0.2, 0.25) is 0 Å². The normalized spacial score (nSPS) is 10.6. The molecule has 8 heteroatoms. The summed E-state index contributed by atoms with van der Waals surface area (Å²) in [5.74, 6) is 0.592. The van der Waals surface area contributed by atoms with E-state index in [1.165, 1.54) is 16.0 Å². The van der Waals surface area contributed by atoms with E-state index in [9.17, 15) is 0 Å². The lowest BCUT2D eigenvalue weighted by Crippen LogP contribution is -2.01. The Balaban J connectivity index is 1.68. The molecule has 7 nitrogen and oxygen atoms in total. The van der Waals surface area contributed by atoms with E-state index >= 15 is 0 Å². The Bertz CT molecular complexity index is 1040. The molecule has 0 fully saturated rings. The fraction of sp³-hybridized carbons (Fsp3) is 0. The van der Waals surface area contributed by atoms with Crippen LogP contribution in [0.1, 0.15) is 5.56 Å². The third-order valence-electron chi connectivity index (χ3n) is 3.34. The molecule has 2 heterocycles. The van der Waals surface area contributed by atoms with E-state index in [-0.39, 0.29) is 5.95 Å². The molecule has 2 aromatic carbocycles. The quantitative estimate of drug-likeness (QED) is 0.597. The molecule has 3 N–H and O–H groups in total. The third-order valence-corrected chi connectivity index (χ3v) is 4.36. The molecule has 4 aromatic rings. The molecule has 0 unspecified atom stereocenters. The van der Waals surface area contributed by atoms with Crippen molar-refractivity contribution in [2.45, 2.75) is 0 Å². The fourth-order valence-corrected chi connectivity index (χ4v) is 3.19. The minimum absolute atomic E-state index is 0.244. The number of hydrogen-bond acceptors (Lipinski definition) is 7. The highest BCUT2D eigenvalue weighted by molar-refractivity contribution is 7.20. The molecule has 0 saturated carbocycles. The fourth-order valence-electron chi connectivity index (χ4n) is 2.26. The van der Waals surface area contributed by atoms with Gasteiger partial charge in [0.25, 0.3) is 0 Å². The second kappa shape index (κ2) is 5.64. The van der Waals surface area contributed by atoms with Crippen molar-refractivity contribution in [1.82, 2.24) is 19.7 Å². The summed E-state index contributed by atoms with van der Waals surface area (Å²) < 4.78 is 2.56. The number of aromatic nitrogens is 4. The Hall–Kier alpha value is -3.44. The molecule has 116 valence electrons. The Morgan fingerprint density at radius 1 is 1.12 bits per heavy atom. The van der Waals surface area contributed by atoms with Gasteiger partial charge in [-0.25, -0.2) is 4.98 Å². The first-order valence-electron chi connectivity index (χ1n) is 7.08. The molecule has 2 aromatic heterocycles. The summed E-state index contributed by atoms with van der Waals surface area (Å²) in [6.07, 6.45) is 0. The Morgan fingerprint density at radius 2 is 2.00 bits per heavy atom. The van der Waals surface area contributed by atoms with Gasteiger partial charge in [0.1, 0.15) is 0 Å². The molecule has 0 amide bonds. The highest BCUT2D eigenvalue weighted by atomic mass is 32.1. The summed E-state index contributed by atoms with van der Waals surface area (Å²) in [6, 6.07) is 17.0. The molecule has 0 bridgehead atoms. The number of thiazole rings is 1. The van der Waals surface area contributed by atoms with Gasteiger partial charge >= 0.3 is 0 Å². The van der Waals surface area contributed by atoms with Crippen molar-refractivity contribution in [3.05, 3.63) is 54.1 Å². The first-order valence-corrected chi connectivity index (χ1v) is 7.90. The molecule has 0 saturated heterocycles. The highest BCUT2D eigenvalue weighted by Crippen LogP contribution is 2.26. The number of rotatable bonds is 3. The largest absolute Gasteiger partial charge is 0.368 e. The van der Waals surface area contributed by atoms with Crippen LogP contribution in [0.15, 0.2) is 48.5 Å². The number of fused-ring (bicyclic) bond motifs is 1. The van der Waals surface area contributed by atoms with Gasteiger partial charge in [-0.1, -0.05) is 29.5 Å². The summed E-state index contributed by atoms with van der Waals surface area (Å²) in [5, 5.41) is 17.0. The van der Waals surface area contributed by atoms with E-state index in [4.69, 9.17) is 11.0 Å². The SMILES string of the molecule is N#Cc1cccc(Nc2nc(N)n(-c3nc4ccccc4s3)n2)c1. The zero-order valence-electron chi connectivity index (χ0n) is 12.3. The number of nitrogens with zero attached hydrogens (tertiary/aromatic N) is 5. The van der Waals surface area contributed by atoms with Crippen molar-refractivity contribution < 1.29 is 0 Å². The van der Waals surface area contributed by atoms with Crippen molar-refractivity contribution in [2.24, 2.45) is 0 Å². The first kappa shape index (κ1) is 14.2. The monoisotopic (exact) mass is 333 g/mol. The molecular formula is C16H11N7S. The molecule has 0 aliphatic rings. The van der Waals surface area contributed by atoms with Gasteiger partial charge in [0, 0.05) is 5.69 Å². The second-order valence-electron chi connectivity index (χ2n) is 4.99. The summed E-state index contributed by atoms with van der Waals surface area (Å²) in [7, 11) is 0. The zero-order chi connectivity index (χ0) is 16.5. The molecular weight excluding hydrogens is 322 g/mol. The number of para-hydroxylation sites is 1. The first-order chi connectivity index (χ1) is 11.7. The number of nitrogen functional groups attached to an aromatic ring is 1. The average molecular weight is 333 g/mol. The predicted octanol–water partition coefficient (Wildman–Crippen LogP) is 3.07. The maximum Gasteiger partial charge on any atom is 0.248 e. The molecule has 4 rings (SSSR count). The minimum Gasteiger partial charge on any atom is -0.368 e. The lowest BCUT2D eigenvalue weighted by atomic mass is 10.2. The number of hydrogen-bond donors (Lipinski definition) is 2. The van der Waals surface area contributed by atoms with E-state index < -0.39 is 0 Å². The van der Waals surface area contributed by atoms with Crippen molar-refractivity contribution in [1.29, 1.82) is 5.26 Å². The summed E-state index contributed by atoms with van der Waals surface area (Å²) >= 11 is 1.49. The molecule has 0 atom stereocenters. The van der Waals surface area contributed by atoms with Crippen LogP contribution < -0.4 is 11.1 Å². The topological polar surface area (TPSA) is 105 Å². The van der Waals surface area contributed by atoms with Crippen LogP contribution >= 0.6 is 11.3 Å². The molecule has 24 heavy (non-hydrogen) atoms. The van der Waals surface area contributed by atoms with Gasteiger partial charge in [-0.15, -0.1) is 5.10 Å². The maximum absolute atomic E-state index is 8.95. The molecule has 0 spiro atoms. The van der Waals surface area contributed by atoms with E-state index in [2.05, 4.69) is 26.5 Å². The van der Waals surface area contributed by atoms with Crippen LogP contribution in [0.25, 0.3) is 15.3 Å². The molecule has 0 aliphatic heterocycles. The maximum atomic E-state index is 8.95. The molecule has 0 aliphatic carbocycles. The van der Waals surface area contributed by atoms with Crippen molar-refractivity contribution in [2.75, 3.05) is 11.1 Å². The predicted molar refractivity (Wildman–Crippen MR) is 93.4 cm³/mol. The van der Waals surface area contributed by atoms with Crippen LogP contribution in [0, 0.1) is 11.3 Å². The van der Waals surface area contributed by atoms with Crippen LogP contribution in [0.4, 0.5) is 17.6 Å². The van der Waals surface area contributed by atoms with Crippen molar-refractivity contribution in [3.63, 3.8) is 0 Å². The summed E-state index contributed by atoms with van der Waals surface area (Å²) in [5.41, 5.74) is 8.13. The summed E-state index contributed by atoms with van der Waals surface area (Å²) in [6.45, 7) is 0. The van der Waals surface area contributed by atoms with Crippen LogP contribution in [-0.4, -0.2) is 19.7 Å². The number of nitrogens with two attached hydrogens (primary N) is 1. The van der Waals surface area contributed by atoms with Crippen molar-refractivity contribution >= 4 is 39.1 Å². The Labute approximate surface area is 141 Å². The smallest absolute Gasteiger partial charge is 0.248 e. The second-order valence-corrected chi connectivity index (χ2v) is 6.00. The van der Waals surface area contributed by atoms with Gasteiger partial charge in [-0.2, -0.15) is 14.9 Å². The van der Waals surface area contributed by atoms with Gasteiger partial charge in [-0.3, -0.25) is 0 Å². The van der Waals surface area contributed by atoms with Gasteiger partial charge in [0.05, 0.1) is 21.8 Å². The van der Waals surface area contributed by atoms with Gasteiger partial charge in [0.15, 0.2) is 0 Å². The third kappa shape index (κ3) is 2.53. The number of nitrogens with one attached hydrogen (secondary N) is 1. The minimum atomic E-state index is 0.244. The van der Waals surface area contributed by atoms with Crippen molar-refractivity contribution in [3.8, 4) is 11.2 Å². The number of nitriles is 1. The summed E-state index contributed by atoms with van der Waals surface area (Å²) in [4.78, 5) is 8.73. The lowest BCUT2D eigenvalue weighted by Gasteiger charge is -2.01. The zero-order valence-corrected chi connectivity index (χ0v) is 13.2. The van der Waals surface area contributed by atoms with E-state index in [0.717, 1.165) is 15.9 Å². The van der Waals surface area contributed by atoms with Crippen LogP contribution in [0.3, 0.4) is 0 Å². The standard InChI is InChI=1S/C16H11N7S/c17-9-10-4-3-5-11(8-10)19-15-21-14(18)23(22-15)16-20-12-6-1-2-7-13(12)24-16/h1-8H,(H3,18,19,21,22). The van der Waals surface area contributed by atoms with Crippen LogP contribution in [0.5, 0.6) is 0 Å². The van der Waals surface area contributed by atoms with E-state index in [0.29, 0.717) is 16.6 Å². The Kier molecular flexibility index (Phi) is 3.33. The number of benzene rings is 2. The Morgan fingerprint density at radius 3 is 2.83 bits per heavy atom. The van der Waals surface area contributed by atoms with E-state index in [1.54, 1.807) is 18.2 Å². The van der Waals surface area contributed by atoms with E-state index in [1.807, 2.05) is 30.3 Å². The highest BCUT2D eigenvalue weighted by Gasteiger charge is 2.13. The van der Waals surface area contributed by atoms with Gasteiger partial charge in [0.2, 0.25) is 17.0 Å².